The molecule has 0 aliphatic carbocycles. The van der Waals surface area contributed by atoms with E-state index in [9.17, 15) is 14.4 Å². The predicted molar refractivity (Wildman–Crippen MR) is 270 cm³/mol. The third-order valence-corrected chi connectivity index (χ3v) is 10.6. The second-order valence-corrected chi connectivity index (χ2v) is 16.7. The Morgan fingerprint density at radius 1 is 0.333 bits per heavy atom. The summed E-state index contributed by atoms with van der Waals surface area (Å²) in [4.78, 5) is 37.9. The third kappa shape index (κ3) is 49.2. The van der Waals surface area contributed by atoms with Gasteiger partial charge in [-0.15, -0.1) is 0 Å². The van der Waals surface area contributed by atoms with Gasteiger partial charge in [0.05, 0.1) is 0 Å². The monoisotopic (exact) mass is 875 g/mol. The second kappa shape index (κ2) is 51.0. The number of esters is 3. The number of rotatable bonds is 45. The highest BCUT2D eigenvalue weighted by Gasteiger charge is 2.19. The molecule has 0 amide bonds. The van der Waals surface area contributed by atoms with Crippen molar-refractivity contribution in [2.75, 3.05) is 13.2 Å². The van der Waals surface area contributed by atoms with Gasteiger partial charge in [0.25, 0.3) is 0 Å². The number of allylic oxidation sites excluding steroid dienone is 16. The van der Waals surface area contributed by atoms with Crippen LogP contribution in [-0.2, 0) is 28.6 Å². The lowest BCUT2D eigenvalue weighted by Gasteiger charge is -2.18. The molecule has 0 radical (unpaired) electrons. The maximum atomic E-state index is 12.8. The molecule has 0 N–H and O–H groups in total. The molecule has 1 atom stereocenters. The average Bonchev–Trinajstić information content (AvgIpc) is 3.28. The molecule has 358 valence electrons. The minimum atomic E-state index is -0.815. The fraction of sp³-hybridized carbons (Fsp3) is 0.667. The van der Waals surface area contributed by atoms with Crippen LogP contribution in [0.2, 0.25) is 0 Å². The van der Waals surface area contributed by atoms with Gasteiger partial charge in [-0.25, -0.2) is 0 Å². The van der Waals surface area contributed by atoms with E-state index in [1.54, 1.807) is 0 Å². The first-order valence-corrected chi connectivity index (χ1v) is 25.7. The molecule has 0 aromatic rings. The average molecular weight is 875 g/mol. The molecule has 0 aliphatic heterocycles. The molecule has 6 nitrogen and oxygen atoms in total. The summed E-state index contributed by atoms with van der Waals surface area (Å²) in [5.74, 6) is -1.02. The Hall–Kier alpha value is -3.67. The first-order chi connectivity index (χ1) is 31.0. The number of hydrogen-bond acceptors (Lipinski definition) is 6. The first-order valence-electron chi connectivity index (χ1n) is 25.7. The van der Waals surface area contributed by atoms with E-state index in [0.29, 0.717) is 19.3 Å². The molecule has 0 aromatic carbocycles. The van der Waals surface area contributed by atoms with E-state index in [4.69, 9.17) is 14.2 Å². The van der Waals surface area contributed by atoms with Crippen molar-refractivity contribution in [1.82, 2.24) is 0 Å². The number of unbranched alkanes of at least 4 members (excludes halogenated alkanes) is 18. The Morgan fingerprint density at radius 2 is 0.667 bits per heavy atom. The molecule has 0 saturated heterocycles. The zero-order chi connectivity index (χ0) is 45.8. The van der Waals surface area contributed by atoms with Crippen LogP contribution in [0.3, 0.4) is 0 Å². The van der Waals surface area contributed by atoms with Crippen LogP contribution in [0.25, 0.3) is 0 Å². The van der Waals surface area contributed by atoms with E-state index in [2.05, 4.69) is 106 Å². The molecule has 0 heterocycles. The van der Waals surface area contributed by atoms with Gasteiger partial charge >= 0.3 is 17.9 Å². The molecular formula is C57H94O6. The quantitative estimate of drug-likeness (QED) is 0.0262. The van der Waals surface area contributed by atoms with Crippen LogP contribution < -0.4 is 0 Å². The normalized spacial score (nSPS) is 12.9. The minimum Gasteiger partial charge on any atom is -0.462 e. The van der Waals surface area contributed by atoms with Crippen molar-refractivity contribution in [3.05, 3.63) is 97.2 Å². The SMILES string of the molecule is CC/C=C\C/C=C\C/C=C\C/C=C\C/C=C\C/C=C\CCC(=O)OC[C@H](COC(=O)CCCCCCC/C=C\CCCCCCCC)OC(=O)CCCCCCC/C=C\CCCC. The van der Waals surface area contributed by atoms with Gasteiger partial charge in [0.2, 0.25) is 0 Å². The van der Waals surface area contributed by atoms with Crippen molar-refractivity contribution in [3.8, 4) is 0 Å². The molecule has 0 fully saturated rings. The molecule has 0 spiro atoms. The lowest BCUT2D eigenvalue weighted by Crippen LogP contribution is -2.30. The van der Waals surface area contributed by atoms with Crippen LogP contribution in [0, 0.1) is 0 Å². The third-order valence-electron chi connectivity index (χ3n) is 10.6. The summed E-state index contributed by atoms with van der Waals surface area (Å²) in [5.41, 5.74) is 0. The Labute approximate surface area is 387 Å². The molecule has 0 bridgehead atoms. The van der Waals surface area contributed by atoms with E-state index in [-0.39, 0.29) is 37.5 Å². The smallest absolute Gasteiger partial charge is 0.306 e. The van der Waals surface area contributed by atoms with Crippen LogP contribution in [0.1, 0.15) is 226 Å². The van der Waals surface area contributed by atoms with E-state index < -0.39 is 6.10 Å². The van der Waals surface area contributed by atoms with E-state index in [1.165, 1.54) is 77.0 Å². The van der Waals surface area contributed by atoms with Crippen molar-refractivity contribution in [2.24, 2.45) is 0 Å². The molecule has 63 heavy (non-hydrogen) atoms. The summed E-state index contributed by atoms with van der Waals surface area (Å²) < 4.78 is 16.7. The summed E-state index contributed by atoms with van der Waals surface area (Å²) in [6.07, 6.45) is 66.9. The van der Waals surface area contributed by atoms with Gasteiger partial charge < -0.3 is 14.2 Å². The molecule has 0 saturated carbocycles. The second-order valence-electron chi connectivity index (χ2n) is 16.7. The fourth-order valence-corrected chi connectivity index (χ4v) is 6.68. The molecule has 0 aliphatic rings. The van der Waals surface area contributed by atoms with Crippen molar-refractivity contribution in [1.29, 1.82) is 0 Å². The van der Waals surface area contributed by atoms with Gasteiger partial charge in [-0.2, -0.15) is 0 Å². The van der Waals surface area contributed by atoms with Crippen molar-refractivity contribution in [3.63, 3.8) is 0 Å². The van der Waals surface area contributed by atoms with Gasteiger partial charge in [-0.05, 0) is 103 Å². The largest absolute Gasteiger partial charge is 0.462 e. The molecule has 0 aromatic heterocycles. The lowest BCUT2D eigenvalue weighted by atomic mass is 10.1. The van der Waals surface area contributed by atoms with E-state index in [1.807, 2.05) is 12.2 Å². The van der Waals surface area contributed by atoms with Crippen LogP contribution in [-0.4, -0.2) is 37.2 Å². The highest BCUT2D eigenvalue weighted by atomic mass is 16.6. The number of hydrogen-bond donors (Lipinski definition) is 0. The molecule has 6 heteroatoms. The van der Waals surface area contributed by atoms with Gasteiger partial charge in [0, 0.05) is 19.3 Å². The number of carbonyl (C=O) groups excluding carboxylic acids is 3. The highest BCUT2D eigenvalue weighted by molar-refractivity contribution is 5.71. The Balaban J connectivity index is 4.49. The van der Waals surface area contributed by atoms with Crippen LogP contribution >= 0.6 is 0 Å². The first kappa shape index (κ1) is 59.3. The van der Waals surface area contributed by atoms with Crippen LogP contribution in [0.5, 0.6) is 0 Å². The Morgan fingerprint density at radius 3 is 1.11 bits per heavy atom. The van der Waals surface area contributed by atoms with Gasteiger partial charge in [0.1, 0.15) is 13.2 Å². The molecule has 0 rings (SSSR count). The van der Waals surface area contributed by atoms with E-state index >= 15 is 0 Å². The Bertz CT molecular complexity index is 1280. The summed E-state index contributed by atoms with van der Waals surface area (Å²) in [6.45, 7) is 6.39. The summed E-state index contributed by atoms with van der Waals surface area (Å²) in [6, 6.07) is 0. The van der Waals surface area contributed by atoms with Crippen molar-refractivity contribution < 1.29 is 28.6 Å². The fourth-order valence-electron chi connectivity index (χ4n) is 6.68. The zero-order valence-corrected chi connectivity index (χ0v) is 40.8. The van der Waals surface area contributed by atoms with E-state index in [0.717, 1.165) is 103 Å². The van der Waals surface area contributed by atoms with Crippen LogP contribution in [0.4, 0.5) is 0 Å². The van der Waals surface area contributed by atoms with Gasteiger partial charge in [0.15, 0.2) is 6.10 Å². The summed E-state index contributed by atoms with van der Waals surface area (Å²) in [5, 5.41) is 0. The predicted octanol–water partition coefficient (Wildman–Crippen LogP) is 17.0. The van der Waals surface area contributed by atoms with Gasteiger partial charge in [-0.3, -0.25) is 14.4 Å². The van der Waals surface area contributed by atoms with Crippen molar-refractivity contribution >= 4 is 17.9 Å². The topological polar surface area (TPSA) is 78.9 Å². The summed E-state index contributed by atoms with van der Waals surface area (Å²) in [7, 11) is 0. The Kier molecular flexibility index (Phi) is 48.0. The summed E-state index contributed by atoms with van der Waals surface area (Å²) >= 11 is 0. The molecular weight excluding hydrogens is 781 g/mol. The standard InChI is InChI=1S/C57H94O6/c1-4-7-10-13-16-19-22-24-26-27-28-29-31-33-36-38-41-44-47-50-56(59)62-53-54(63-57(60)51-48-45-42-39-34-21-18-15-12-9-6-3)52-61-55(58)49-46-43-40-37-35-32-30-25-23-20-17-14-11-8-5-2/h7,10,15-16,18-19,24-26,28-30,33,36,41,44,54H,4-6,8-9,11-14,17,20-23,27,31-32,34-35,37-40,42-43,45-53H2,1-3H3/b10-7-,18-15-,19-16-,26-24-,29-28-,30-25-,36-33-,44-41-/t54-/m0/s1. The highest BCUT2D eigenvalue weighted by Crippen LogP contribution is 2.13. The minimum absolute atomic E-state index is 0.109. The number of carbonyl (C=O) groups is 3. The zero-order valence-electron chi connectivity index (χ0n) is 40.8. The molecule has 0 unspecified atom stereocenters. The number of ether oxygens (including phenoxy) is 3. The maximum absolute atomic E-state index is 12.8. The lowest BCUT2D eigenvalue weighted by molar-refractivity contribution is -0.166. The van der Waals surface area contributed by atoms with Crippen molar-refractivity contribution in [2.45, 2.75) is 232 Å². The van der Waals surface area contributed by atoms with Crippen LogP contribution in [0.15, 0.2) is 97.2 Å². The maximum Gasteiger partial charge on any atom is 0.306 e. The van der Waals surface area contributed by atoms with Gasteiger partial charge in [-0.1, -0.05) is 201 Å².